The molecule has 142 valence electrons. The number of carbonyl (C=O) groups is 2. The second kappa shape index (κ2) is 7.69. The van der Waals surface area contributed by atoms with E-state index in [-0.39, 0.29) is 11.9 Å². The number of benzene rings is 1. The number of thioether (sulfide) groups is 1. The summed E-state index contributed by atoms with van der Waals surface area (Å²) < 4.78 is 20.2. The zero-order valence-corrected chi connectivity index (χ0v) is 15.4. The highest BCUT2D eigenvalue weighted by atomic mass is 32.2. The van der Waals surface area contributed by atoms with Crippen LogP contribution in [0.4, 0.5) is 10.2 Å². The molecule has 1 saturated heterocycles. The quantitative estimate of drug-likeness (QED) is 0.780. The van der Waals surface area contributed by atoms with Crippen LogP contribution in [-0.2, 0) is 25.8 Å². The first-order valence-corrected chi connectivity index (χ1v) is 9.92. The molecular weight excluding hydrogens is 371 g/mol. The number of hydrogen-bond acceptors (Lipinski definition) is 5. The number of hydrogen-bond donors (Lipinski definition) is 2. The van der Waals surface area contributed by atoms with Gasteiger partial charge in [0.15, 0.2) is 0 Å². The Balaban J connectivity index is 1.51. The lowest BCUT2D eigenvalue weighted by Gasteiger charge is -2.12. The maximum Gasteiger partial charge on any atom is 0.314 e. The van der Waals surface area contributed by atoms with E-state index >= 15 is 0 Å². The maximum absolute atomic E-state index is 13.2. The standard InChI is InChI=1S/C18H19FN4O3S/c19-11-3-5-12(6-4-11)23-16(14-9-27-10-15(14)22-23)21-18(25)17(24)20-8-13-2-1-7-26-13/h3-6,13H,1-2,7-10H2,(H,20,24)(H,21,25)/t13-/m0/s1. The zero-order valence-electron chi connectivity index (χ0n) is 14.5. The van der Waals surface area contributed by atoms with Crippen molar-refractivity contribution in [3.63, 3.8) is 0 Å². The predicted molar refractivity (Wildman–Crippen MR) is 99.1 cm³/mol. The average Bonchev–Trinajstić information content (AvgIpc) is 3.39. The number of carbonyl (C=O) groups excluding carboxylic acids is 2. The van der Waals surface area contributed by atoms with Crippen LogP contribution in [0, 0.1) is 5.82 Å². The topological polar surface area (TPSA) is 85.2 Å². The van der Waals surface area contributed by atoms with Gasteiger partial charge in [-0.25, -0.2) is 9.07 Å². The highest BCUT2D eigenvalue weighted by molar-refractivity contribution is 7.98. The van der Waals surface area contributed by atoms with E-state index in [0.29, 0.717) is 30.4 Å². The lowest BCUT2D eigenvalue weighted by Crippen LogP contribution is -2.39. The molecule has 3 heterocycles. The molecule has 27 heavy (non-hydrogen) atoms. The Hall–Kier alpha value is -2.39. The lowest BCUT2D eigenvalue weighted by molar-refractivity contribution is -0.136. The van der Waals surface area contributed by atoms with Crippen LogP contribution in [0.15, 0.2) is 24.3 Å². The van der Waals surface area contributed by atoms with Gasteiger partial charge in [0.05, 0.1) is 17.5 Å². The number of ether oxygens (including phenoxy) is 1. The second-order valence-electron chi connectivity index (χ2n) is 6.45. The minimum atomic E-state index is -0.754. The van der Waals surface area contributed by atoms with Gasteiger partial charge in [0.25, 0.3) is 0 Å². The first-order chi connectivity index (χ1) is 13.1. The van der Waals surface area contributed by atoms with Gasteiger partial charge in [-0.3, -0.25) is 9.59 Å². The van der Waals surface area contributed by atoms with Gasteiger partial charge in [0.2, 0.25) is 0 Å². The minimum absolute atomic E-state index is 0.0351. The molecule has 0 unspecified atom stereocenters. The maximum atomic E-state index is 13.2. The van der Waals surface area contributed by atoms with E-state index in [2.05, 4.69) is 15.7 Å². The third kappa shape index (κ3) is 3.84. The van der Waals surface area contributed by atoms with Crippen molar-refractivity contribution in [3.8, 4) is 5.69 Å². The first kappa shape index (κ1) is 18.0. The number of nitrogens with one attached hydrogen (secondary N) is 2. The summed E-state index contributed by atoms with van der Waals surface area (Å²) >= 11 is 1.69. The van der Waals surface area contributed by atoms with Crippen molar-refractivity contribution in [1.82, 2.24) is 15.1 Å². The number of halogens is 1. The molecule has 2 aliphatic rings. The van der Waals surface area contributed by atoms with Crippen LogP contribution in [0.25, 0.3) is 5.69 Å². The molecule has 2 aromatic rings. The summed E-state index contributed by atoms with van der Waals surface area (Å²) in [5, 5.41) is 9.81. The average molecular weight is 390 g/mol. The SMILES string of the molecule is O=C(NC[C@@H]1CCCO1)C(=O)Nc1c2c(nn1-c1ccc(F)cc1)CSC2. The molecule has 2 aliphatic heterocycles. The Morgan fingerprint density at radius 2 is 2.07 bits per heavy atom. The monoisotopic (exact) mass is 390 g/mol. The van der Waals surface area contributed by atoms with Gasteiger partial charge in [-0.15, -0.1) is 0 Å². The summed E-state index contributed by atoms with van der Waals surface area (Å²) in [6.07, 6.45) is 1.81. The number of fused-ring (bicyclic) bond motifs is 1. The van der Waals surface area contributed by atoms with Crippen LogP contribution < -0.4 is 10.6 Å². The molecule has 4 rings (SSSR count). The van der Waals surface area contributed by atoms with E-state index in [1.54, 1.807) is 28.6 Å². The summed E-state index contributed by atoms with van der Waals surface area (Å²) in [6.45, 7) is 1.00. The van der Waals surface area contributed by atoms with Crippen LogP contribution in [0.1, 0.15) is 24.1 Å². The summed E-state index contributed by atoms with van der Waals surface area (Å²) in [6, 6.07) is 5.82. The molecule has 0 bridgehead atoms. The number of nitrogens with zero attached hydrogens (tertiary/aromatic N) is 2. The molecule has 2 N–H and O–H groups in total. The summed E-state index contributed by atoms with van der Waals surface area (Å²) in [5.41, 5.74) is 2.37. The van der Waals surface area contributed by atoms with Crippen molar-refractivity contribution in [2.75, 3.05) is 18.5 Å². The van der Waals surface area contributed by atoms with Gasteiger partial charge in [-0.1, -0.05) is 0 Å². The third-order valence-electron chi connectivity index (χ3n) is 4.58. The zero-order chi connectivity index (χ0) is 18.8. The van der Waals surface area contributed by atoms with Gasteiger partial charge in [0.1, 0.15) is 11.6 Å². The van der Waals surface area contributed by atoms with Crippen molar-refractivity contribution in [3.05, 3.63) is 41.3 Å². The Kier molecular flexibility index (Phi) is 5.13. The van der Waals surface area contributed by atoms with Gasteiger partial charge in [-0.05, 0) is 37.1 Å². The molecule has 0 saturated carbocycles. The molecule has 1 aromatic heterocycles. The van der Waals surface area contributed by atoms with Crippen molar-refractivity contribution in [2.24, 2.45) is 0 Å². The largest absolute Gasteiger partial charge is 0.376 e. The van der Waals surface area contributed by atoms with Crippen LogP contribution in [0.5, 0.6) is 0 Å². The van der Waals surface area contributed by atoms with Crippen molar-refractivity contribution < 1.29 is 18.7 Å². The summed E-state index contributed by atoms with van der Waals surface area (Å²) in [4.78, 5) is 24.5. The molecule has 1 aromatic carbocycles. The predicted octanol–water partition coefficient (Wildman–Crippen LogP) is 1.99. The molecular formula is C18H19FN4O3S. The Morgan fingerprint density at radius 1 is 1.26 bits per heavy atom. The number of rotatable bonds is 4. The van der Waals surface area contributed by atoms with E-state index in [0.717, 1.165) is 29.9 Å². The highest BCUT2D eigenvalue weighted by Crippen LogP contribution is 2.36. The Labute approximate surface area is 159 Å². The van der Waals surface area contributed by atoms with E-state index in [1.165, 1.54) is 12.1 Å². The first-order valence-electron chi connectivity index (χ1n) is 8.77. The molecule has 7 nitrogen and oxygen atoms in total. The fraction of sp³-hybridized carbons (Fsp3) is 0.389. The molecule has 1 fully saturated rings. The van der Waals surface area contributed by atoms with Crippen molar-refractivity contribution in [1.29, 1.82) is 0 Å². The van der Waals surface area contributed by atoms with E-state index in [4.69, 9.17) is 4.74 Å². The molecule has 0 radical (unpaired) electrons. The minimum Gasteiger partial charge on any atom is -0.376 e. The smallest absolute Gasteiger partial charge is 0.314 e. The second-order valence-corrected chi connectivity index (χ2v) is 7.44. The van der Waals surface area contributed by atoms with Crippen LogP contribution in [-0.4, -0.2) is 40.9 Å². The highest BCUT2D eigenvalue weighted by Gasteiger charge is 2.27. The third-order valence-corrected chi connectivity index (χ3v) is 5.55. The number of amides is 2. The van der Waals surface area contributed by atoms with Gasteiger partial charge >= 0.3 is 11.8 Å². The molecule has 0 spiro atoms. The summed E-state index contributed by atoms with van der Waals surface area (Å²) in [7, 11) is 0. The van der Waals surface area contributed by atoms with Gasteiger partial charge in [-0.2, -0.15) is 16.9 Å². The van der Waals surface area contributed by atoms with Crippen LogP contribution in [0.3, 0.4) is 0 Å². The van der Waals surface area contributed by atoms with Crippen LogP contribution in [0.2, 0.25) is 0 Å². The fourth-order valence-electron chi connectivity index (χ4n) is 3.17. The summed E-state index contributed by atoms with van der Waals surface area (Å²) in [5.74, 6) is 0.0704. The van der Waals surface area contributed by atoms with Crippen molar-refractivity contribution in [2.45, 2.75) is 30.5 Å². The number of anilines is 1. The molecule has 0 aliphatic carbocycles. The number of aromatic nitrogens is 2. The normalized spacial score (nSPS) is 18.3. The van der Waals surface area contributed by atoms with Gasteiger partial charge in [0, 0.05) is 30.2 Å². The van der Waals surface area contributed by atoms with Crippen molar-refractivity contribution >= 4 is 29.4 Å². The Morgan fingerprint density at radius 3 is 2.81 bits per heavy atom. The van der Waals surface area contributed by atoms with E-state index < -0.39 is 11.8 Å². The van der Waals surface area contributed by atoms with E-state index in [1.807, 2.05) is 0 Å². The molecule has 1 atom stereocenters. The lowest BCUT2D eigenvalue weighted by atomic mass is 10.2. The van der Waals surface area contributed by atoms with Gasteiger partial charge < -0.3 is 15.4 Å². The molecule has 9 heteroatoms. The fourth-order valence-corrected chi connectivity index (χ4v) is 4.20. The Bertz CT molecular complexity index is 862. The molecule has 2 amide bonds. The van der Waals surface area contributed by atoms with E-state index in [9.17, 15) is 14.0 Å². The van der Waals surface area contributed by atoms with Crippen LogP contribution >= 0.6 is 11.8 Å².